The lowest BCUT2D eigenvalue weighted by atomic mass is 9.93. The van der Waals surface area contributed by atoms with E-state index < -0.39 is 0 Å². The zero-order valence-electron chi connectivity index (χ0n) is 21.9. The normalized spacial score (nSPS) is 10.7. The third-order valence-electron chi connectivity index (χ3n) is 6.89. The van der Waals surface area contributed by atoms with Crippen molar-refractivity contribution < 1.29 is 4.74 Å². The molecule has 0 aliphatic rings. The molecule has 0 fully saturated rings. The largest absolute Gasteiger partial charge is 0.497 e. The van der Waals surface area contributed by atoms with Crippen molar-refractivity contribution in [2.45, 2.75) is 0 Å². The van der Waals surface area contributed by atoms with Gasteiger partial charge in [-0.15, -0.1) is 0 Å². The number of ether oxygens (including phenoxy) is 1. The fourth-order valence-electron chi connectivity index (χ4n) is 4.99. The van der Waals surface area contributed by atoms with E-state index in [1.165, 1.54) is 22.3 Å². The first kappa shape index (κ1) is 24.3. The Morgan fingerprint density at radius 2 is 0.744 bits per heavy atom. The molecule has 6 aromatic carbocycles. The van der Waals surface area contributed by atoms with Crippen molar-refractivity contribution in [3.05, 3.63) is 158 Å². The lowest BCUT2D eigenvalue weighted by Crippen LogP contribution is -2.10. The smallest absolute Gasteiger partial charge is 0.121 e. The molecule has 0 radical (unpaired) electrons. The topological polar surface area (TPSA) is 12.5 Å². The van der Waals surface area contributed by atoms with Crippen molar-refractivity contribution in [2.75, 3.05) is 12.0 Å². The molecule has 0 aliphatic carbocycles. The van der Waals surface area contributed by atoms with Crippen molar-refractivity contribution in [3.63, 3.8) is 0 Å². The second-order valence-corrected chi connectivity index (χ2v) is 9.46. The molecule has 0 aliphatic heterocycles. The Balaban J connectivity index is 1.55. The van der Waals surface area contributed by atoms with E-state index >= 15 is 0 Å². The zero-order valence-corrected chi connectivity index (χ0v) is 21.9. The Morgan fingerprint density at radius 1 is 0.359 bits per heavy atom. The van der Waals surface area contributed by atoms with Gasteiger partial charge in [-0.2, -0.15) is 0 Å². The van der Waals surface area contributed by atoms with Crippen LogP contribution in [0, 0.1) is 0 Å². The summed E-state index contributed by atoms with van der Waals surface area (Å²) in [5.41, 5.74) is 10.2. The minimum atomic E-state index is 0.811. The Morgan fingerprint density at radius 3 is 1.18 bits per heavy atom. The molecule has 188 valence electrons. The van der Waals surface area contributed by atoms with Crippen LogP contribution in [-0.2, 0) is 0 Å². The van der Waals surface area contributed by atoms with Crippen molar-refractivity contribution >= 4 is 17.1 Å². The minimum Gasteiger partial charge on any atom is -0.497 e. The highest BCUT2D eigenvalue weighted by atomic mass is 16.5. The summed E-state index contributed by atoms with van der Waals surface area (Å²) in [6, 6.07) is 55.3. The molecule has 0 heterocycles. The summed E-state index contributed by atoms with van der Waals surface area (Å²) in [7, 11) is 1.73. The maximum Gasteiger partial charge on any atom is 0.121 e. The number of anilines is 3. The summed E-state index contributed by atoms with van der Waals surface area (Å²) in [4.78, 5) is 2.27. The van der Waals surface area contributed by atoms with E-state index in [-0.39, 0.29) is 0 Å². The van der Waals surface area contributed by atoms with Crippen LogP contribution in [0.15, 0.2) is 158 Å². The third-order valence-corrected chi connectivity index (χ3v) is 6.89. The van der Waals surface area contributed by atoms with Gasteiger partial charge >= 0.3 is 0 Å². The second kappa shape index (κ2) is 11.1. The van der Waals surface area contributed by atoms with Crippen LogP contribution in [0.4, 0.5) is 17.1 Å². The molecule has 39 heavy (non-hydrogen) atoms. The average Bonchev–Trinajstić information content (AvgIpc) is 3.03. The van der Waals surface area contributed by atoms with Gasteiger partial charge in [-0.25, -0.2) is 0 Å². The van der Waals surface area contributed by atoms with Crippen LogP contribution in [0.25, 0.3) is 33.4 Å². The Labute approximate surface area is 230 Å². The van der Waals surface area contributed by atoms with E-state index in [1.54, 1.807) is 7.11 Å². The van der Waals surface area contributed by atoms with Gasteiger partial charge in [0.25, 0.3) is 0 Å². The fraction of sp³-hybridized carbons (Fsp3) is 0.0270. The first-order valence-electron chi connectivity index (χ1n) is 13.1. The van der Waals surface area contributed by atoms with E-state index in [0.29, 0.717) is 0 Å². The van der Waals surface area contributed by atoms with Gasteiger partial charge in [-0.1, -0.05) is 97.1 Å². The van der Waals surface area contributed by atoms with Gasteiger partial charge in [-0.3, -0.25) is 0 Å². The fourth-order valence-corrected chi connectivity index (χ4v) is 4.99. The highest BCUT2D eigenvalue weighted by molar-refractivity contribution is 5.85. The van der Waals surface area contributed by atoms with Gasteiger partial charge < -0.3 is 9.64 Å². The van der Waals surface area contributed by atoms with Crippen molar-refractivity contribution in [1.82, 2.24) is 0 Å². The van der Waals surface area contributed by atoms with E-state index in [1.807, 2.05) is 12.1 Å². The standard InChI is InChI=1S/C37H29NO/c1-39-37-26-33(25-36(27-37)38(34-18-10-4-11-19-34)35-20-12-5-13-21-35)32-23-30(28-14-6-2-7-15-28)22-31(24-32)29-16-8-3-9-17-29/h2-27H,1H3. The van der Waals surface area contributed by atoms with Crippen LogP contribution in [0.1, 0.15) is 0 Å². The molecule has 0 aromatic heterocycles. The number of nitrogens with zero attached hydrogens (tertiary/aromatic N) is 1. The molecule has 0 saturated carbocycles. The van der Waals surface area contributed by atoms with Gasteiger partial charge in [0.2, 0.25) is 0 Å². The zero-order chi connectivity index (χ0) is 26.4. The van der Waals surface area contributed by atoms with Crippen molar-refractivity contribution in [1.29, 1.82) is 0 Å². The van der Waals surface area contributed by atoms with Gasteiger partial charge in [0.15, 0.2) is 0 Å². The van der Waals surface area contributed by atoms with Crippen molar-refractivity contribution in [2.24, 2.45) is 0 Å². The third kappa shape index (κ3) is 5.32. The van der Waals surface area contributed by atoms with E-state index in [0.717, 1.165) is 33.9 Å². The Kier molecular flexibility index (Phi) is 6.92. The molecule has 0 bridgehead atoms. The second-order valence-electron chi connectivity index (χ2n) is 9.46. The molecule has 0 unspecified atom stereocenters. The molecular formula is C37H29NO. The molecular weight excluding hydrogens is 474 g/mol. The minimum absolute atomic E-state index is 0.811. The molecule has 0 N–H and O–H groups in total. The highest BCUT2D eigenvalue weighted by Gasteiger charge is 2.16. The molecule has 0 amide bonds. The summed E-state index contributed by atoms with van der Waals surface area (Å²) in [6.07, 6.45) is 0. The molecule has 6 rings (SSSR count). The summed E-state index contributed by atoms with van der Waals surface area (Å²) in [6.45, 7) is 0. The molecule has 6 aromatic rings. The van der Waals surface area contributed by atoms with Gasteiger partial charge in [0.1, 0.15) is 5.75 Å². The first-order chi connectivity index (χ1) is 19.3. The molecule has 0 spiro atoms. The average molecular weight is 504 g/mol. The van der Waals surface area contributed by atoms with E-state index in [2.05, 4.69) is 150 Å². The van der Waals surface area contributed by atoms with Crippen LogP contribution >= 0.6 is 0 Å². The van der Waals surface area contributed by atoms with Crippen molar-refractivity contribution in [3.8, 4) is 39.1 Å². The number of benzene rings is 6. The van der Waals surface area contributed by atoms with E-state index in [4.69, 9.17) is 4.74 Å². The van der Waals surface area contributed by atoms with E-state index in [9.17, 15) is 0 Å². The summed E-state index contributed by atoms with van der Waals surface area (Å²) < 4.78 is 5.84. The highest BCUT2D eigenvalue weighted by Crippen LogP contribution is 2.40. The van der Waals surface area contributed by atoms with Crippen LogP contribution in [-0.4, -0.2) is 7.11 Å². The predicted molar refractivity (Wildman–Crippen MR) is 164 cm³/mol. The van der Waals surface area contributed by atoms with Crippen LogP contribution < -0.4 is 9.64 Å². The SMILES string of the molecule is COc1cc(-c2cc(-c3ccccc3)cc(-c3ccccc3)c2)cc(N(c2ccccc2)c2ccccc2)c1. The number of rotatable bonds is 7. The monoisotopic (exact) mass is 503 g/mol. The summed E-state index contributed by atoms with van der Waals surface area (Å²) in [5, 5.41) is 0. The Hall–Kier alpha value is -5.08. The lowest BCUT2D eigenvalue weighted by Gasteiger charge is -2.26. The molecule has 0 saturated heterocycles. The number of para-hydroxylation sites is 2. The number of methoxy groups -OCH3 is 1. The number of hydrogen-bond donors (Lipinski definition) is 0. The van der Waals surface area contributed by atoms with Gasteiger partial charge in [0.05, 0.1) is 12.8 Å². The molecule has 2 heteroatoms. The maximum absolute atomic E-state index is 5.84. The predicted octanol–water partition coefficient (Wildman–Crippen LogP) is 10.2. The molecule has 2 nitrogen and oxygen atoms in total. The van der Waals surface area contributed by atoms with Crippen LogP contribution in [0.5, 0.6) is 5.75 Å². The maximum atomic E-state index is 5.84. The van der Waals surface area contributed by atoms with Crippen LogP contribution in [0.3, 0.4) is 0 Å². The molecule has 0 atom stereocenters. The van der Waals surface area contributed by atoms with Gasteiger partial charge in [0, 0.05) is 17.4 Å². The van der Waals surface area contributed by atoms with Gasteiger partial charge in [-0.05, 0) is 88.0 Å². The first-order valence-corrected chi connectivity index (χ1v) is 13.1. The Bertz CT molecular complexity index is 1570. The summed E-state index contributed by atoms with van der Waals surface area (Å²) in [5.74, 6) is 0.811. The summed E-state index contributed by atoms with van der Waals surface area (Å²) >= 11 is 0. The lowest BCUT2D eigenvalue weighted by molar-refractivity contribution is 0.415. The quantitative estimate of drug-likeness (QED) is 0.215. The van der Waals surface area contributed by atoms with Crippen LogP contribution in [0.2, 0.25) is 0 Å². The number of hydrogen-bond acceptors (Lipinski definition) is 2.